The van der Waals surface area contributed by atoms with Crippen LogP contribution in [0, 0.1) is 0 Å². The third kappa shape index (κ3) is 6.45. The molecular weight excluding hydrogens is 331 g/mol. The number of carbonyl (C=O) groups excluding carboxylic acids is 1. The molecule has 1 amide bonds. The van der Waals surface area contributed by atoms with Crippen molar-refractivity contribution in [2.24, 2.45) is 0 Å². The summed E-state index contributed by atoms with van der Waals surface area (Å²) < 4.78 is 44.9. The highest BCUT2D eigenvalue weighted by molar-refractivity contribution is 5.87. The predicted molar refractivity (Wildman–Crippen MR) is 77.6 cm³/mol. The van der Waals surface area contributed by atoms with E-state index in [2.05, 4.69) is 10.1 Å². The van der Waals surface area contributed by atoms with E-state index < -0.39 is 24.4 Å². The van der Waals surface area contributed by atoms with Crippen molar-refractivity contribution in [2.75, 3.05) is 19.8 Å². The van der Waals surface area contributed by atoms with Crippen molar-refractivity contribution in [3.63, 3.8) is 0 Å². The van der Waals surface area contributed by atoms with Crippen LogP contribution in [0.2, 0.25) is 0 Å². The number of rotatable bonds is 8. The molecule has 0 fully saturated rings. The van der Waals surface area contributed by atoms with E-state index in [1.807, 2.05) is 0 Å². The molecule has 134 valence electrons. The Morgan fingerprint density at radius 2 is 1.75 bits per heavy atom. The number of alkyl halides is 3. The largest absolute Gasteiger partial charge is 0.573 e. The monoisotopic (exact) mass is 349 g/mol. The third-order valence-electron chi connectivity index (χ3n) is 3.13. The molecule has 24 heavy (non-hydrogen) atoms. The van der Waals surface area contributed by atoms with Crippen molar-refractivity contribution in [1.29, 1.82) is 0 Å². The number of aliphatic carboxylic acids is 1. The van der Waals surface area contributed by atoms with Gasteiger partial charge < -0.3 is 19.9 Å². The molecule has 0 aromatic heterocycles. The summed E-state index contributed by atoms with van der Waals surface area (Å²) in [5.74, 6) is -1.85. The maximum Gasteiger partial charge on any atom is 0.573 e. The van der Waals surface area contributed by atoms with E-state index >= 15 is 0 Å². The highest BCUT2D eigenvalue weighted by Crippen LogP contribution is 2.28. The van der Waals surface area contributed by atoms with Gasteiger partial charge in [0.25, 0.3) is 0 Å². The van der Waals surface area contributed by atoms with Crippen LogP contribution in [-0.2, 0) is 19.7 Å². The summed E-state index contributed by atoms with van der Waals surface area (Å²) >= 11 is 0. The summed E-state index contributed by atoms with van der Waals surface area (Å²) in [6.07, 6.45) is -4.77. The minimum Gasteiger partial charge on any atom is -0.480 e. The van der Waals surface area contributed by atoms with Crippen molar-refractivity contribution >= 4 is 11.9 Å². The van der Waals surface area contributed by atoms with Gasteiger partial charge in [0.15, 0.2) is 0 Å². The van der Waals surface area contributed by atoms with Gasteiger partial charge >= 0.3 is 12.3 Å². The number of nitrogens with one attached hydrogen (secondary N) is 1. The Bertz CT molecular complexity index is 569. The molecule has 0 heterocycles. The lowest BCUT2D eigenvalue weighted by Gasteiger charge is -2.24. The summed E-state index contributed by atoms with van der Waals surface area (Å²) in [6.45, 7) is 2.91. The van der Waals surface area contributed by atoms with Crippen LogP contribution in [-0.4, -0.2) is 43.1 Å². The van der Waals surface area contributed by atoms with Gasteiger partial charge in [-0.25, -0.2) is 4.79 Å². The summed E-state index contributed by atoms with van der Waals surface area (Å²) in [4.78, 5) is 22.4. The van der Waals surface area contributed by atoms with Crippen molar-refractivity contribution in [2.45, 2.75) is 25.6 Å². The molecule has 1 rings (SSSR count). The van der Waals surface area contributed by atoms with Gasteiger partial charge in [0.2, 0.25) is 5.91 Å². The van der Waals surface area contributed by atoms with Crippen LogP contribution in [0.15, 0.2) is 24.3 Å². The lowest BCUT2D eigenvalue weighted by Crippen LogP contribution is -2.41. The van der Waals surface area contributed by atoms with Gasteiger partial charge in [0.1, 0.15) is 12.4 Å². The van der Waals surface area contributed by atoms with Crippen LogP contribution in [0.3, 0.4) is 0 Å². The Balaban J connectivity index is 2.59. The number of carboxylic acids is 1. The highest BCUT2D eigenvalue weighted by Gasteiger charge is 2.32. The average molecular weight is 349 g/mol. The van der Waals surface area contributed by atoms with E-state index in [4.69, 9.17) is 9.84 Å². The lowest BCUT2D eigenvalue weighted by molar-refractivity contribution is -0.274. The summed E-state index contributed by atoms with van der Waals surface area (Å²) in [6, 6.07) is 5.02. The number of ether oxygens (including phenoxy) is 2. The fraction of sp³-hybridized carbons (Fsp3) is 0.467. The van der Waals surface area contributed by atoms with E-state index in [0.29, 0.717) is 5.56 Å². The molecule has 1 aromatic rings. The Morgan fingerprint density at radius 3 is 2.25 bits per heavy atom. The fourth-order valence-corrected chi connectivity index (χ4v) is 1.82. The minimum absolute atomic E-state index is 0.0342. The highest BCUT2D eigenvalue weighted by atomic mass is 19.4. The number of carboxylic acid groups (broad SMARTS) is 1. The molecule has 0 saturated carbocycles. The van der Waals surface area contributed by atoms with Crippen LogP contribution < -0.4 is 10.1 Å². The van der Waals surface area contributed by atoms with Crippen LogP contribution in [0.5, 0.6) is 5.75 Å². The lowest BCUT2D eigenvalue weighted by atomic mass is 9.83. The van der Waals surface area contributed by atoms with E-state index in [-0.39, 0.29) is 24.8 Å². The molecule has 0 bridgehead atoms. The summed E-state index contributed by atoms with van der Waals surface area (Å²) in [5, 5.41) is 11.0. The van der Waals surface area contributed by atoms with Crippen LogP contribution in [0.25, 0.3) is 0 Å². The molecule has 9 heteroatoms. The zero-order valence-corrected chi connectivity index (χ0v) is 13.1. The van der Waals surface area contributed by atoms with Crippen molar-refractivity contribution in [3.8, 4) is 5.75 Å². The Kier molecular flexibility index (Phi) is 6.59. The summed E-state index contributed by atoms with van der Waals surface area (Å²) in [7, 11) is 0. The zero-order valence-electron chi connectivity index (χ0n) is 13.1. The van der Waals surface area contributed by atoms with Gasteiger partial charge in [-0.3, -0.25) is 4.79 Å². The number of halogens is 3. The van der Waals surface area contributed by atoms with Gasteiger partial charge in [-0.15, -0.1) is 13.2 Å². The third-order valence-corrected chi connectivity index (χ3v) is 3.13. The van der Waals surface area contributed by atoms with E-state index in [0.717, 1.165) is 12.1 Å². The standard InChI is InChI=1S/C15H18F3NO5/c1-14(2,13(22)19-7-8-23-9-12(20)21)10-3-5-11(6-4-10)24-15(16,17)18/h3-6H,7-9H2,1-2H3,(H,19,22)(H,20,21). The molecule has 0 aliphatic heterocycles. The molecule has 1 aromatic carbocycles. The van der Waals surface area contributed by atoms with Gasteiger partial charge in [0.05, 0.1) is 12.0 Å². The summed E-state index contributed by atoms with van der Waals surface area (Å²) in [5.41, 5.74) is -0.496. The Hall–Kier alpha value is -2.29. The molecular formula is C15H18F3NO5. The van der Waals surface area contributed by atoms with Gasteiger partial charge in [-0.1, -0.05) is 12.1 Å². The first-order chi connectivity index (χ1) is 11.0. The molecule has 0 aliphatic carbocycles. The van der Waals surface area contributed by atoms with E-state index in [1.165, 1.54) is 12.1 Å². The molecule has 6 nitrogen and oxygen atoms in total. The van der Waals surface area contributed by atoms with Gasteiger partial charge in [0, 0.05) is 6.54 Å². The Morgan fingerprint density at radius 1 is 1.17 bits per heavy atom. The van der Waals surface area contributed by atoms with Crippen LogP contribution in [0.4, 0.5) is 13.2 Å². The SMILES string of the molecule is CC(C)(C(=O)NCCOCC(=O)O)c1ccc(OC(F)(F)F)cc1. The predicted octanol–water partition coefficient (Wildman–Crippen LogP) is 2.08. The normalized spacial score (nSPS) is 11.9. The zero-order chi connectivity index (χ0) is 18.4. The van der Waals surface area contributed by atoms with Gasteiger partial charge in [-0.05, 0) is 31.5 Å². The van der Waals surface area contributed by atoms with E-state index in [1.54, 1.807) is 13.8 Å². The first-order valence-electron chi connectivity index (χ1n) is 6.96. The second-order valence-electron chi connectivity index (χ2n) is 5.40. The number of amides is 1. The van der Waals surface area contributed by atoms with Crippen molar-refractivity contribution in [1.82, 2.24) is 5.32 Å². The minimum atomic E-state index is -4.77. The first-order valence-corrected chi connectivity index (χ1v) is 6.96. The molecule has 0 saturated heterocycles. The number of hydrogen-bond donors (Lipinski definition) is 2. The molecule has 0 radical (unpaired) electrons. The Labute approximate surface area is 136 Å². The van der Waals surface area contributed by atoms with Crippen LogP contribution in [0.1, 0.15) is 19.4 Å². The molecule has 0 unspecified atom stereocenters. The number of hydrogen-bond acceptors (Lipinski definition) is 4. The topological polar surface area (TPSA) is 84.9 Å². The molecule has 2 N–H and O–H groups in total. The van der Waals surface area contributed by atoms with Crippen LogP contribution >= 0.6 is 0 Å². The quantitative estimate of drug-likeness (QED) is 0.702. The number of benzene rings is 1. The van der Waals surface area contributed by atoms with Gasteiger partial charge in [-0.2, -0.15) is 0 Å². The van der Waals surface area contributed by atoms with Crippen molar-refractivity contribution in [3.05, 3.63) is 29.8 Å². The molecule has 0 spiro atoms. The second kappa shape index (κ2) is 8.00. The molecule has 0 atom stereocenters. The first kappa shape index (κ1) is 19.8. The smallest absolute Gasteiger partial charge is 0.480 e. The average Bonchev–Trinajstić information content (AvgIpc) is 2.45. The van der Waals surface area contributed by atoms with Crippen molar-refractivity contribution < 1.29 is 37.3 Å². The fourth-order valence-electron chi connectivity index (χ4n) is 1.82. The number of carbonyl (C=O) groups is 2. The molecule has 0 aliphatic rings. The maximum absolute atomic E-state index is 12.2. The van der Waals surface area contributed by atoms with E-state index in [9.17, 15) is 22.8 Å². The maximum atomic E-state index is 12.2. The second-order valence-corrected chi connectivity index (χ2v) is 5.40.